The second kappa shape index (κ2) is 7.90. The van der Waals surface area contributed by atoms with Crippen LogP contribution in [0.1, 0.15) is 10.4 Å². The van der Waals surface area contributed by atoms with Gasteiger partial charge >= 0.3 is 5.97 Å². The van der Waals surface area contributed by atoms with Gasteiger partial charge in [0, 0.05) is 36.7 Å². The summed E-state index contributed by atoms with van der Waals surface area (Å²) in [4.78, 5) is 25.9. The molecule has 1 fully saturated rings. The Labute approximate surface area is 179 Å². The highest BCUT2D eigenvalue weighted by atomic mass is 35.5. The van der Waals surface area contributed by atoms with Crippen LogP contribution < -0.4 is 16.1 Å². The number of carboxylic acids is 1. The molecule has 1 aliphatic heterocycles. The molecule has 6 nitrogen and oxygen atoms in total. The first-order valence-corrected chi connectivity index (χ1v) is 9.81. The van der Waals surface area contributed by atoms with Gasteiger partial charge in [-0.25, -0.2) is 18.0 Å². The number of fused-ring (bicyclic) bond motifs is 1. The molecule has 1 saturated heterocycles. The van der Waals surface area contributed by atoms with Crippen molar-refractivity contribution in [1.82, 2.24) is 4.57 Å². The molecule has 2 aromatic carbocycles. The fraction of sp³-hybridized carbons (Fsp3) is 0.238. The van der Waals surface area contributed by atoms with Gasteiger partial charge in [-0.2, -0.15) is 0 Å². The van der Waals surface area contributed by atoms with E-state index in [4.69, 9.17) is 17.3 Å². The number of hydrogen-bond acceptors (Lipinski definition) is 4. The van der Waals surface area contributed by atoms with Crippen LogP contribution in [0.15, 0.2) is 41.3 Å². The maximum absolute atomic E-state index is 15.0. The Morgan fingerprint density at radius 3 is 2.45 bits per heavy atom. The van der Waals surface area contributed by atoms with Crippen LogP contribution in [0.4, 0.5) is 18.9 Å². The molecule has 4 rings (SSSR count). The molecule has 0 saturated carbocycles. The van der Waals surface area contributed by atoms with Crippen molar-refractivity contribution in [1.29, 1.82) is 0 Å². The highest BCUT2D eigenvalue weighted by Gasteiger charge is 2.32. The summed E-state index contributed by atoms with van der Waals surface area (Å²) in [6, 6.07) is 5.00. The molecule has 1 aliphatic rings. The molecule has 0 aliphatic carbocycles. The van der Waals surface area contributed by atoms with Crippen LogP contribution in [0.2, 0.25) is 0 Å². The summed E-state index contributed by atoms with van der Waals surface area (Å²) >= 11 is 6.29. The van der Waals surface area contributed by atoms with Crippen molar-refractivity contribution < 1.29 is 23.1 Å². The van der Waals surface area contributed by atoms with Crippen LogP contribution in [-0.2, 0) is 0 Å². The van der Waals surface area contributed by atoms with Crippen LogP contribution in [0, 0.1) is 23.4 Å². The number of alkyl halides is 1. The van der Waals surface area contributed by atoms with Gasteiger partial charge < -0.3 is 20.3 Å². The number of carbonyl (C=O) groups is 1. The molecule has 2 atom stereocenters. The molecule has 0 radical (unpaired) electrons. The van der Waals surface area contributed by atoms with Crippen molar-refractivity contribution in [3.8, 4) is 5.69 Å². The molecule has 2 heterocycles. The molecule has 0 unspecified atom stereocenters. The van der Waals surface area contributed by atoms with Gasteiger partial charge in [0.25, 0.3) is 0 Å². The highest BCUT2D eigenvalue weighted by Crippen LogP contribution is 2.32. The molecule has 31 heavy (non-hydrogen) atoms. The number of benzene rings is 2. The van der Waals surface area contributed by atoms with Gasteiger partial charge in [0.05, 0.1) is 22.3 Å². The van der Waals surface area contributed by atoms with E-state index in [2.05, 4.69) is 0 Å². The van der Waals surface area contributed by atoms with Gasteiger partial charge in [-0.05, 0) is 30.8 Å². The van der Waals surface area contributed by atoms with Crippen LogP contribution in [0.3, 0.4) is 0 Å². The molecule has 162 valence electrons. The van der Waals surface area contributed by atoms with Crippen molar-refractivity contribution in [2.45, 2.75) is 5.38 Å². The Bertz CT molecular complexity index is 1260. The van der Waals surface area contributed by atoms with Gasteiger partial charge in [0.2, 0.25) is 5.43 Å². The predicted octanol–water partition coefficient (Wildman–Crippen LogP) is 3.11. The van der Waals surface area contributed by atoms with Crippen molar-refractivity contribution in [2.75, 3.05) is 24.5 Å². The van der Waals surface area contributed by atoms with E-state index >= 15 is 0 Å². The summed E-state index contributed by atoms with van der Waals surface area (Å²) in [5.41, 5.74) is 4.12. The average molecular weight is 452 g/mol. The lowest BCUT2D eigenvalue weighted by atomic mass is 10.1. The highest BCUT2D eigenvalue weighted by molar-refractivity contribution is 6.21. The fourth-order valence-corrected chi connectivity index (χ4v) is 4.20. The summed E-state index contributed by atoms with van der Waals surface area (Å²) in [5, 5.41) is 8.85. The number of halogens is 4. The molecule has 0 amide bonds. The lowest BCUT2D eigenvalue weighted by Crippen LogP contribution is -2.24. The van der Waals surface area contributed by atoms with Gasteiger partial charge in [-0.1, -0.05) is 0 Å². The second-order valence-corrected chi connectivity index (χ2v) is 7.94. The maximum atomic E-state index is 15.0. The van der Waals surface area contributed by atoms with E-state index in [1.54, 1.807) is 4.90 Å². The van der Waals surface area contributed by atoms with Gasteiger partial charge in [0.1, 0.15) is 23.0 Å². The minimum Gasteiger partial charge on any atom is -0.477 e. The first-order valence-electron chi connectivity index (χ1n) is 9.38. The number of aromatic nitrogens is 1. The third-order valence-electron chi connectivity index (χ3n) is 5.48. The van der Waals surface area contributed by atoms with Crippen molar-refractivity contribution in [2.24, 2.45) is 11.7 Å². The molecule has 3 N–H and O–H groups in total. The fourth-order valence-electron chi connectivity index (χ4n) is 3.86. The minimum absolute atomic E-state index is 0.0668. The Morgan fingerprint density at radius 2 is 1.84 bits per heavy atom. The minimum atomic E-state index is -1.55. The number of nitrogens with zero attached hydrogens (tertiary/aromatic N) is 2. The van der Waals surface area contributed by atoms with E-state index in [1.165, 1.54) is 6.07 Å². The number of carboxylic acid groups (broad SMARTS) is 1. The molecule has 3 aromatic rings. The first kappa shape index (κ1) is 21.2. The quantitative estimate of drug-likeness (QED) is 0.595. The van der Waals surface area contributed by atoms with Crippen molar-refractivity contribution in [3.63, 3.8) is 0 Å². The Morgan fingerprint density at radius 1 is 1.13 bits per heavy atom. The monoisotopic (exact) mass is 451 g/mol. The molecule has 10 heteroatoms. The zero-order valence-corrected chi connectivity index (χ0v) is 16.7. The third kappa shape index (κ3) is 3.64. The van der Waals surface area contributed by atoms with Gasteiger partial charge in [-0.3, -0.25) is 4.79 Å². The lowest BCUT2D eigenvalue weighted by molar-refractivity contribution is 0.0695. The van der Waals surface area contributed by atoms with Crippen molar-refractivity contribution >= 4 is 34.2 Å². The number of aromatic carboxylic acids is 1. The van der Waals surface area contributed by atoms with E-state index < -0.39 is 34.4 Å². The molecular weight excluding hydrogens is 435 g/mol. The number of rotatable bonds is 4. The second-order valence-electron chi connectivity index (χ2n) is 7.38. The largest absolute Gasteiger partial charge is 0.477 e. The van der Waals surface area contributed by atoms with Crippen LogP contribution >= 0.6 is 11.6 Å². The van der Waals surface area contributed by atoms with E-state index in [0.717, 1.165) is 29.0 Å². The van der Waals surface area contributed by atoms with Gasteiger partial charge in [0.15, 0.2) is 0 Å². The Kier molecular flexibility index (Phi) is 5.40. The number of nitrogens with two attached hydrogens (primary N) is 1. The molecule has 0 bridgehead atoms. The standard InChI is InChI=1S/C21H17ClF3N3O3/c22-14-9-27(7-10(14)6-26)19-5-18-12(4-16(19)25)20(29)13(21(30)31)8-28(18)17-2-1-11(23)3-15(17)24/h1-5,8,10,14H,6-7,9,26H2,(H,30,31)/t10-,14+/m0/s1. The Balaban J connectivity index is 2.00. The van der Waals surface area contributed by atoms with E-state index in [0.29, 0.717) is 25.7 Å². The average Bonchev–Trinajstić information content (AvgIpc) is 3.09. The first-order chi connectivity index (χ1) is 14.7. The Hall–Kier alpha value is -3.04. The summed E-state index contributed by atoms with van der Waals surface area (Å²) < 4.78 is 44.0. The van der Waals surface area contributed by atoms with Crippen LogP contribution in [0.5, 0.6) is 0 Å². The zero-order chi connectivity index (χ0) is 22.4. The zero-order valence-electron chi connectivity index (χ0n) is 16.0. The van der Waals surface area contributed by atoms with Crippen LogP contribution in [-0.4, -0.2) is 40.7 Å². The van der Waals surface area contributed by atoms with Crippen molar-refractivity contribution in [3.05, 3.63) is 69.8 Å². The SMILES string of the molecule is NC[C@H]1CN(c2cc3c(cc2F)c(=O)c(C(=O)O)cn3-c2ccc(F)cc2F)C[C@H]1Cl. The summed E-state index contributed by atoms with van der Waals surface area (Å²) in [5.74, 6) is -4.17. The van der Waals surface area contributed by atoms with E-state index in [1.807, 2.05) is 0 Å². The van der Waals surface area contributed by atoms with E-state index in [-0.39, 0.29) is 33.6 Å². The number of anilines is 1. The number of hydrogen-bond donors (Lipinski definition) is 2. The third-order valence-corrected chi connectivity index (χ3v) is 5.97. The molecule has 0 spiro atoms. The normalized spacial score (nSPS) is 18.7. The smallest absolute Gasteiger partial charge is 0.341 e. The molecule has 1 aromatic heterocycles. The van der Waals surface area contributed by atoms with E-state index in [9.17, 15) is 27.9 Å². The summed E-state index contributed by atoms with van der Waals surface area (Å²) in [7, 11) is 0. The topological polar surface area (TPSA) is 88.6 Å². The van der Waals surface area contributed by atoms with Crippen LogP contribution in [0.25, 0.3) is 16.6 Å². The lowest BCUT2D eigenvalue weighted by Gasteiger charge is -2.21. The maximum Gasteiger partial charge on any atom is 0.341 e. The summed E-state index contributed by atoms with van der Waals surface area (Å²) in [6.45, 7) is 1.01. The van der Waals surface area contributed by atoms with Gasteiger partial charge in [-0.15, -0.1) is 11.6 Å². The molecular formula is C21H17ClF3N3O3. The summed E-state index contributed by atoms with van der Waals surface area (Å²) in [6.07, 6.45) is 0.946. The predicted molar refractivity (Wildman–Crippen MR) is 111 cm³/mol. The number of pyridine rings is 1.